The van der Waals surface area contributed by atoms with Crippen molar-refractivity contribution in [3.8, 4) is 11.4 Å². The van der Waals surface area contributed by atoms with Crippen molar-refractivity contribution in [3.63, 3.8) is 0 Å². The zero-order chi connectivity index (χ0) is 20.0. The highest BCUT2D eigenvalue weighted by atomic mass is 16.4. The molecule has 1 saturated heterocycles. The van der Waals surface area contributed by atoms with Crippen molar-refractivity contribution in [2.24, 2.45) is 0 Å². The van der Waals surface area contributed by atoms with Crippen LogP contribution in [-0.2, 0) is 11.8 Å². The second-order valence-electron chi connectivity index (χ2n) is 8.19. The van der Waals surface area contributed by atoms with E-state index in [-0.39, 0.29) is 11.3 Å². The van der Waals surface area contributed by atoms with Crippen molar-refractivity contribution in [1.82, 2.24) is 19.9 Å². The molecular formula is C23H24N4O2. The zero-order valence-electron chi connectivity index (χ0n) is 16.8. The third-order valence-electron chi connectivity index (χ3n) is 6.23. The molecule has 0 bridgehead atoms. The van der Waals surface area contributed by atoms with E-state index in [0.29, 0.717) is 23.9 Å². The molecule has 2 aliphatic rings. The van der Waals surface area contributed by atoms with Crippen LogP contribution < -0.4 is 0 Å². The highest BCUT2D eigenvalue weighted by molar-refractivity contribution is 5.92. The number of piperidine rings is 1. The molecule has 1 unspecified atom stereocenters. The third kappa shape index (κ3) is 3.03. The molecule has 0 N–H and O–H groups in total. The van der Waals surface area contributed by atoms with Crippen LogP contribution in [0.25, 0.3) is 11.4 Å². The van der Waals surface area contributed by atoms with Crippen LogP contribution in [0.1, 0.15) is 52.7 Å². The van der Waals surface area contributed by atoms with Gasteiger partial charge < -0.3 is 9.32 Å². The fourth-order valence-electron chi connectivity index (χ4n) is 4.84. The highest BCUT2D eigenvalue weighted by Crippen LogP contribution is 2.44. The van der Waals surface area contributed by atoms with Crippen LogP contribution in [0.3, 0.4) is 0 Å². The number of benzene rings is 1. The Hall–Kier alpha value is -3.02. The molecule has 1 aromatic carbocycles. The molecule has 3 heterocycles. The van der Waals surface area contributed by atoms with Crippen molar-refractivity contribution in [1.29, 1.82) is 0 Å². The lowest BCUT2D eigenvalue weighted by atomic mass is 9.77. The average Bonchev–Trinajstić information content (AvgIpc) is 3.27. The number of oxazole rings is 1. The molecule has 1 aliphatic carbocycles. The summed E-state index contributed by atoms with van der Waals surface area (Å²) >= 11 is 0. The molecule has 1 fully saturated rings. The molecular weight excluding hydrogens is 364 g/mol. The Labute approximate surface area is 170 Å². The lowest BCUT2D eigenvalue weighted by Crippen LogP contribution is -2.48. The van der Waals surface area contributed by atoms with Crippen LogP contribution in [0.5, 0.6) is 0 Å². The quantitative estimate of drug-likeness (QED) is 0.666. The van der Waals surface area contributed by atoms with Gasteiger partial charge in [0.1, 0.15) is 0 Å². The summed E-state index contributed by atoms with van der Waals surface area (Å²) < 4.78 is 5.60. The Morgan fingerprint density at radius 1 is 1.14 bits per heavy atom. The zero-order valence-corrected chi connectivity index (χ0v) is 16.8. The first-order valence-electron chi connectivity index (χ1n) is 10.2. The third-order valence-corrected chi connectivity index (χ3v) is 6.23. The SMILES string of the molecule is Cc1nc(C)c(C(=O)N2CCCC3(CCc4cnc(-c5ccccc5)nc43)C2)o1. The van der Waals surface area contributed by atoms with E-state index < -0.39 is 0 Å². The normalized spacial score (nSPS) is 20.8. The molecule has 6 heteroatoms. The van der Waals surface area contributed by atoms with Gasteiger partial charge in [-0.05, 0) is 38.2 Å². The van der Waals surface area contributed by atoms with E-state index in [9.17, 15) is 4.79 Å². The van der Waals surface area contributed by atoms with Crippen LogP contribution in [0, 0.1) is 13.8 Å². The largest absolute Gasteiger partial charge is 0.436 e. The number of likely N-dealkylation sites (tertiary alicyclic amines) is 1. The molecule has 1 atom stereocenters. The number of aromatic nitrogens is 3. The van der Waals surface area contributed by atoms with Gasteiger partial charge in [0.25, 0.3) is 5.91 Å². The molecule has 1 spiro atoms. The van der Waals surface area contributed by atoms with E-state index in [1.165, 1.54) is 5.56 Å². The van der Waals surface area contributed by atoms with Crippen molar-refractivity contribution < 1.29 is 9.21 Å². The Kier molecular flexibility index (Phi) is 4.23. The summed E-state index contributed by atoms with van der Waals surface area (Å²) in [5.41, 5.74) is 3.92. The summed E-state index contributed by atoms with van der Waals surface area (Å²) in [6.45, 7) is 5.01. The number of hydrogen-bond acceptors (Lipinski definition) is 5. The fourth-order valence-corrected chi connectivity index (χ4v) is 4.84. The van der Waals surface area contributed by atoms with Crippen molar-refractivity contribution in [2.45, 2.75) is 44.9 Å². The summed E-state index contributed by atoms with van der Waals surface area (Å²) in [6, 6.07) is 10.1. The van der Waals surface area contributed by atoms with Gasteiger partial charge in [0.2, 0.25) is 5.76 Å². The van der Waals surface area contributed by atoms with Crippen LogP contribution in [0.15, 0.2) is 40.9 Å². The summed E-state index contributed by atoms with van der Waals surface area (Å²) in [6.07, 6.45) is 5.95. The Balaban J connectivity index is 1.48. The minimum absolute atomic E-state index is 0.0621. The second-order valence-corrected chi connectivity index (χ2v) is 8.19. The number of nitrogens with zero attached hydrogens (tertiary/aromatic N) is 4. The monoisotopic (exact) mass is 388 g/mol. The number of carbonyl (C=O) groups excluding carboxylic acids is 1. The molecule has 0 saturated carbocycles. The first-order chi connectivity index (χ1) is 14.1. The molecule has 2 aromatic heterocycles. The lowest BCUT2D eigenvalue weighted by molar-refractivity contribution is 0.0599. The van der Waals surface area contributed by atoms with Gasteiger partial charge in [-0.3, -0.25) is 4.79 Å². The molecule has 3 aromatic rings. The predicted octanol–water partition coefficient (Wildman–Crippen LogP) is 3.87. The first kappa shape index (κ1) is 18.0. The Morgan fingerprint density at radius 2 is 1.97 bits per heavy atom. The van der Waals surface area contributed by atoms with Gasteiger partial charge in [0, 0.05) is 37.2 Å². The van der Waals surface area contributed by atoms with Gasteiger partial charge in [-0.1, -0.05) is 30.3 Å². The van der Waals surface area contributed by atoms with E-state index in [1.54, 1.807) is 6.92 Å². The van der Waals surface area contributed by atoms with Gasteiger partial charge in [-0.25, -0.2) is 15.0 Å². The van der Waals surface area contributed by atoms with Crippen molar-refractivity contribution in [3.05, 3.63) is 65.1 Å². The number of carbonyl (C=O) groups is 1. The topological polar surface area (TPSA) is 72.1 Å². The predicted molar refractivity (Wildman–Crippen MR) is 109 cm³/mol. The Bertz CT molecular complexity index is 1070. The molecule has 1 amide bonds. The van der Waals surface area contributed by atoms with Gasteiger partial charge in [-0.15, -0.1) is 0 Å². The summed E-state index contributed by atoms with van der Waals surface area (Å²) in [5, 5.41) is 0. The maximum atomic E-state index is 13.1. The minimum Gasteiger partial charge on any atom is -0.436 e. The maximum absolute atomic E-state index is 13.1. The van der Waals surface area contributed by atoms with E-state index in [2.05, 4.69) is 9.97 Å². The van der Waals surface area contributed by atoms with Crippen LogP contribution in [0.4, 0.5) is 0 Å². The molecule has 29 heavy (non-hydrogen) atoms. The second kappa shape index (κ2) is 6.79. The first-order valence-corrected chi connectivity index (χ1v) is 10.2. The van der Waals surface area contributed by atoms with Gasteiger partial charge in [0.05, 0.1) is 11.4 Å². The average molecular weight is 388 g/mol. The molecule has 148 valence electrons. The van der Waals surface area contributed by atoms with Crippen LogP contribution >= 0.6 is 0 Å². The Morgan fingerprint density at radius 3 is 2.72 bits per heavy atom. The van der Waals surface area contributed by atoms with E-state index >= 15 is 0 Å². The molecule has 6 nitrogen and oxygen atoms in total. The number of rotatable bonds is 2. The number of fused-ring (bicyclic) bond motifs is 2. The maximum Gasteiger partial charge on any atom is 0.291 e. The number of hydrogen-bond donors (Lipinski definition) is 0. The van der Waals surface area contributed by atoms with Gasteiger partial charge >= 0.3 is 0 Å². The summed E-state index contributed by atoms with van der Waals surface area (Å²) in [5.74, 6) is 1.60. The smallest absolute Gasteiger partial charge is 0.291 e. The van der Waals surface area contributed by atoms with Crippen LogP contribution in [-0.4, -0.2) is 38.8 Å². The summed E-state index contributed by atoms with van der Waals surface area (Å²) in [7, 11) is 0. The van der Waals surface area contributed by atoms with E-state index in [4.69, 9.17) is 9.40 Å². The summed E-state index contributed by atoms with van der Waals surface area (Å²) in [4.78, 5) is 28.9. The van der Waals surface area contributed by atoms with Gasteiger partial charge in [0.15, 0.2) is 11.7 Å². The molecule has 5 rings (SSSR count). The highest BCUT2D eigenvalue weighted by Gasteiger charge is 2.45. The number of aryl methyl sites for hydroxylation is 3. The van der Waals surface area contributed by atoms with E-state index in [0.717, 1.165) is 49.3 Å². The molecule has 0 radical (unpaired) electrons. The van der Waals surface area contributed by atoms with Gasteiger partial charge in [-0.2, -0.15) is 0 Å². The van der Waals surface area contributed by atoms with Crippen molar-refractivity contribution >= 4 is 5.91 Å². The van der Waals surface area contributed by atoms with E-state index in [1.807, 2.05) is 48.4 Å². The van der Waals surface area contributed by atoms with Crippen molar-refractivity contribution in [2.75, 3.05) is 13.1 Å². The molecule has 1 aliphatic heterocycles. The standard InChI is InChI=1S/C23H24N4O2/c1-15-19(29-16(2)25-15)22(28)27-12-6-10-23(14-27)11-9-18-13-24-21(26-20(18)23)17-7-4-3-5-8-17/h3-5,7-8,13H,6,9-12,14H2,1-2H3. The van der Waals surface area contributed by atoms with Crippen LogP contribution in [0.2, 0.25) is 0 Å². The fraction of sp³-hybridized carbons (Fsp3) is 0.391. The minimum atomic E-state index is -0.0985. The number of amides is 1. The lowest BCUT2D eigenvalue weighted by Gasteiger charge is -2.40.